The molecule has 1 fully saturated rings. The van der Waals surface area contributed by atoms with Crippen LogP contribution >= 0.6 is 11.6 Å². The quantitative estimate of drug-likeness (QED) is 0.574. The van der Waals surface area contributed by atoms with E-state index in [0.29, 0.717) is 17.8 Å². The van der Waals surface area contributed by atoms with Crippen molar-refractivity contribution in [2.24, 2.45) is 17.8 Å². The van der Waals surface area contributed by atoms with Crippen LogP contribution in [-0.2, 0) is 14.3 Å². The van der Waals surface area contributed by atoms with Crippen LogP contribution in [-0.4, -0.2) is 31.8 Å². The van der Waals surface area contributed by atoms with Crippen LogP contribution in [0.5, 0.6) is 5.75 Å². The number of nitrogen functional groups attached to an aromatic ring is 1. The minimum absolute atomic E-state index is 0.107. The van der Waals surface area contributed by atoms with Crippen LogP contribution in [0.25, 0.3) is 0 Å². The van der Waals surface area contributed by atoms with E-state index in [1.165, 1.54) is 19.2 Å². The first-order valence-corrected chi connectivity index (χ1v) is 9.60. The smallest absolute Gasteiger partial charge is 0.344 e. The lowest BCUT2D eigenvalue weighted by molar-refractivity contribution is -0.159. The number of hydrogen-bond donors (Lipinski definition) is 1. The van der Waals surface area contributed by atoms with E-state index < -0.39 is 18.5 Å². The Morgan fingerprint density at radius 3 is 2.63 bits per heavy atom. The largest absolute Gasteiger partial charge is 0.496 e. The molecule has 1 aliphatic carbocycles. The van der Waals surface area contributed by atoms with Gasteiger partial charge in [0.1, 0.15) is 17.4 Å². The summed E-state index contributed by atoms with van der Waals surface area (Å²) in [5.74, 6) is 0.241. The Morgan fingerprint density at radius 1 is 1.30 bits per heavy atom. The monoisotopic (exact) mass is 397 g/mol. The van der Waals surface area contributed by atoms with Gasteiger partial charge < -0.3 is 19.9 Å². The van der Waals surface area contributed by atoms with E-state index in [9.17, 15) is 9.59 Å². The number of rotatable bonds is 6. The molecule has 150 valence electrons. The molecule has 7 heteroatoms. The second kappa shape index (κ2) is 9.31. The molecule has 1 saturated carbocycles. The summed E-state index contributed by atoms with van der Waals surface area (Å²) in [5.41, 5.74) is 6.10. The lowest BCUT2D eigenvalue weighted by atomic mass is 9.75. The zero-order valence-electron chi connectivity index (χ0n) is 16.3. The van der Waals surface area contributed by atoms with Crippen LogP contribution in [0, 0.1) is 17.8 Å². The number of nitrogens with two attached hydrogens (primary N) is 1. The lowest BCUT2D eigenvalue weighted by Crippen LogP contribution is -2.36. The molecule has 0 spiro atoms. The highest BCUT2D eigenvalue weighted by atomic mass is 35.5. The Hall–Kier alpha value is -1.95. The van der Waals surface area contributed by atoms with Crippen LogP contribution in [0.15, 0.2) is 12.1 Å². The maximum absolute atomic E-state index is 12.3. The molecule has 0 bridgehead atoms. The van der Waals surface area contributed by atoms with Crippen molar-refractivity contribution in [2.45, 2.75) is 46.1 Å². The minimum Gasteiger partial charge on any atom is -0.496 e. The first-order valence-electron chi connectivity index (χ1n) is 9.22. The number of hydrogen-bond acceptors (Lipinski definition) is 6. The molecule has 1 aromatic rings. The van der Waals surface area contributed by atoms with E-state index >= 15 is 0 Å². The Morgan fingerprint density at radius 2 is 2.00 bits per heavy atom. The van der Waals surface area contributed by atoms with Gasteiger partial charge in [-0.1, -0.05) is 38.8 Å². The van der Waals surface area contributed by atoms with Gasteiger partial charge in [0, 0.05) is 6.07 Å². The van der Waals surface area contributed by atoms with Gasteiger partial charge in [-0.25, -0.2) is 9.59 Å². The standard InChI is InChI=1S/C20H28ClNO5/c1-11(2)13-6-5-12(3)7-18(13)27-19(23)10-26-20(24)14-8-15(21)16(22)9-17(14)25-4/h8-9,11-13,18H,5-7,10,22H2,1-4H3/t12-,13-,18+/m1/s1. The molecular formula is C20H28ClNO5. The summed E-state index contributed by atoms with van der Waals surface area (Å²) >= 11 is 5.96. The number of halogens is 1. The maximum atomic E-state index is 12.3. The van der Waals surface area contributed by atoms with E-state index in [-0.39, 0.29) is 28.1 Å². The highest BCUT2D eigenvalue weighted by molar-refractivity contribution is 6.33. The Kier molecular flexibility index (Phi) is 7.36. The first kappa shape index (κ1) is 21.4. The van der Waals surface area contributed by atoms with Crippen molar-refractivity contribution in [3.63, 3.8) is 0 Å². The van der Waals surface area contributed by atoms with Gasteiger partial charge in [0.05, 0.1) is 17.8 Å². The molecule has 0 radical (unpaired) electrons. The van der Waals surface area contributed by atoms with Crippen LogP contribution in [0.3, 0.4) is 0 Å². The van der Waals surface area contributed by atoms with Crippen molar-refractivity contribution in [3.8, 4) is 5.75 Å². The zero-order valence-corrected chi connectivity index (χ0v) is 17.0. The van der Waals surface area contributed by atoms with Crippen LogP contribution in [0.4, 0.5) is 5.69 Å². The molecule has 0 aliphatic heterocycles. The van der Waals surface area contributed by atoms with Gasteiger partial charge in [0.15, 0.2) is 6.61 Å². The maximum Gasteiger partial charge on any atom is 0.344 e. The number of methoxy groups -OCH3 is 1. The molecule has 2 rings (SSSR count). The van der Waals surface area contributed by atoms with Gasteiger partial charge in [0.2, 0.25) is 0 Å². The van der Waals surface area contributed by atoms with Gasteiger partial charge in [0.25, 0.3) is 0 Å². The molecule has 0 saturated heterocycles. The molecule has 0 amide bonds. The highest BCUT2D eigenvalue weighted by Gasteiger charge is 2.33. The Balaban J connectivity index is 1.97. The van der Waals surface area contributed by atoms with Crippen molar-refractivity contribution in [1.29, 1.82) is 0 Å². The van der Waals surface area contributed by atoms with Gasteiger partial charge in [-0.2, -0.15) is 0 Å². The fourth-order valence-electron chi connectivity index (χ4n) is 3.55. The van der Waals surface area contributed by atoms with Crippen LogP contribution in [0.2, 0.25) is 5.02 Å². The molecule has 6 nitrogen and oxygen atoms in total. The van der Waals surface area contributed by atoms with Crippen molar-refractivity contribution in [1.82, 2.24) is 0 Å². The fraction of sp³-hybridized carbons (Fsp3) is 0.600. The summed E-state index contributed by atoms with van der Waals surface area (Å²) < 4.78 is 15.9. The molecule has 27 heavy (non-hydrogen) atoms. The first-order chi connectivity index (χ1) is 12.7. The topological polar surface area (TPSA) is 87.9 Å². The summed E-state index contributed by atoms with van der Waals surface area (Å²) in [4.78, 5) is 24.5. The fourth-order valence-corrected chi connectivity index (χ4v) is 3.72. The summed E-state index contributed by atoms with van der Waals surface area (Å²) in [5, 5.41) is 0.210. The summed E-state index contributed by atoms with van der Waals surface area (Å²) in [6.45, 7) is 5.98. The minimum atomic E-state index is -0.719. The normalized spacial score (nSPS) is 22.4. The molecule has 2 N–H and O–H groups in total. The SMILES string of the molecule is COc1cc(N)c(Cl)cc1C(=O)OCC(=O)O[C@H]1C[C@H](C)CC[C@@H]1C(C)C. The number of carbonyl (C=O) groups excluding carboxylic acids is 2. The second-order valence-corrected chi connectivity index (χ2v) is 7.91. The van der Waals surface area contributed by atoms with E-state index in [2.05, 4.69) is 20.8 Å². The third-order valence-corrected chi connectivity index (χ3v) is 5.43. The number of benzene rings is 1. The van der Waals surface area contributed by atoms with E-state index in [4.69, 9.17) is 31.5 Å². The third-order valence-electron chi connectivity index (χ3n) is 5.10. The predicted molar refractivity (Wildman–Crippen MR) is 104 cm³/mol. The summed E-state index contributed by atoms with van der Waals surface area (Å²) in [6, 6.07) is 2.80. The van der Waals surface area contributed by atoms with Crippen molar-refractivity contribution >= 4 is 29.2 Å². The average Bonchev–Trinajstić information content (AvgIpc) is 2.61. The van der Waals surface area contributed by atoms with Gasteiger partial charge in [-0.3, -0.25) is 0 Å². The summed E-state index contributed by atoms with van der Waals surface area (Å²) in [6.07, 6.45) is 2.88. The lowest BCUT2D eigenvalue weighted by Gasteiger charge is -2.36. The molecule has 0 heterocycles. The third kappa shape index (κ3) is 5.51. The van der Waals surface area contributed by atoms with Gasteiger partial charge >= 0.3 is 11.9 Å². The van der Waals surface area contributed by atoms with Crippen molar-refractivity contribution in [2.75, 3.05) is 19.5 Å². The Labute approximate surface area is 165 Å². The predicted octanol–water partition coefficient (Wildman–Crippen LogP) is 4.09. The molecule has 3 atom stereocenters. The number of carbonyl (C=O) groups is 2. The van der Waals surface area contributed by atoms with E-state index in [1.807, 2.05) is 0 Å². The highest BCUT2D eigenvalue weighted by Crippen LogP contribution is 2.35. The number of esters is 2. The van der Waals surface area contributed by atoms with Crippen molar-refractivity contribution in [3.05, 3.63) is 22.7 Å². The molecule has 1 aliphatic rings. The van der Waals surface area contributed by atoms with Gasteiger partial charge in [-0.05, 0) is 36.7 Å². The molecule has 0 unspecified atom stereocenters. The van der Waals surface area contributed by atoms with Crippen molar-refractivity contribution < 1.29 is 23.8 Å². The zero-order chi connectivity index (χ0) is 20.1. The van der Waals surface area contributed by atoms with Crippen LogP contribution < -0.4 is 10.5 Å². The number of ether oxygens (including phenoxy) is 3. The summed E-state index contributed by atoms with van der Waals surface area (Å²) in [7, 11) is 1.41. The number of anilines is 1. The van der Waals surface area contributed by atoms with E-state index in [1.54, 1.807) is 0 Å². The Bertz CT molecular complexity index is 691. The van der Waals surface area contributed by atoms with Gasteiger partial charge in [-0.15, -0.1) is 0 Å². The average molecular weight is 398 g/mol. The molecular weight excluding hydrogens is 370 g/mol. The molecule has 1 aromatic carbocycles. The second-order valence-electron chi connectivity index (χ2n) is 7.50. The van der Waals surface area contributed by atoms with E-state index in [0.717, 1.165) is 19.3 Å². The molecule has 0 aromatic heterocycles. The van der Waals surface area contributed by atoms with Crippen LogP contribution in [0.1, 0.15) is 50.4 Å².